The van der Waals surface area contributed by atoms with Crippen LogP contribution < -0.4 is 5.32 Å². The summed E-state index contributed by atoms with van der Waals surface area (Å²) in [6.07, 6.45) is 0.397. The number of aliphatic carboxylic acids is 1. The van der Waals surface area contributed by atoms with Crippen LogP contribution in [0.4, 0.5) is 4.79 Å². The Morgan fingerprint density at radius 2 is 1.86 bits per heavy atom. The monoisotopic (exact) mass is 292 g/mol. The maximum absolute atomic E-state index is 12.3. The molecule has 0 radical (unpaired) electrons. The Kier molecular flexibility index (Phi) is 6.72. The van der Waals surface area contributed by atoms with E-state index in [9.17, 15) is 9.59 Å². The van der Waals surface area contributed by atoms with Gasteiger partial charge in [0.05, 0.1) is 6.04 Å². The molecule has 0 aromatic heterocycles. The Morgan fingerprint density at radius 3 is 2.33 bits per heavy atom. The Bertz CT molecular complexity index is 460. The molecular weight excluding hydrogens is 268 g/mol. The number of carbonyl (C=O) groups is 2. The molecule has 1 unspecified atom stereocenters. The molecule has 2 amide bonds. The lowest BCUT2D eigenvalue weighted by molar-refractivity contribution is -0.137. The molecule has 1 aromatic rings. The maximum atomic E-state index is 12.3. The van der Waals surface area contributed by atoms with E-state index in [1.54, 1.807) is 4.90 Å². The number of hydrogen-bond acceptors (Lipinski definition) is 2. The van der Waals surface area contributed by atoms with Gasteiger partial charge in [-0.2, -0.15) is 0 Å². The molecule has 0 aliphatic carbocycles. The van der Waals surface area contributed by atoms with Crippen LogP contribution in [-0.2, 0) is 4.79 Å². The number of carboxylic acids is 1. The SMILES string of the molecule is CCN(C(=O)NC(CCC(=O)O)c1ccccc1)C(C)C. The third kappa shape index (κ3) is 5.45. The predicted octanol–water partition coefficient (Wildman–Crippen LogP) is 3.03. The largest absolute Gasteiger partial charge is 0.481 e. The highest BCUT2D eigenvalue weighted by atomic mass is 16.4. The van der Waals surface area contributed by atoms with Crippen molar-refractivity contribution >= 4 is 12.0 Å². The highest BCUT2D eigenvalue weighted by Gasteiger charge is 2.20. The van der Waals surface area contributed by atoms with Crippen molar-refractivity contribution in [3.63, 3.8) is 0 Å². The minimum atomic E-state index is -0.860. The van der Waals surface area contributed by atoms with Gasteiger partial charge in [-0.1, -0.05) is 30.3 Å². The predicted molar refractivity (Wildman–Crippen MR) is 82.1 cm³/mol. The molecule has 1 aromatic carbocycles. The standard InChI is InChI=1S/C16H24N2O3/c1-4-18(12(2)3)16(21)17-14(10-11-15(19)20)13-8-6-5-7-9-13/h5-9,12,14H,4,10-11H2,1-3H3,(H,17,21)(H,19,20). The van der Waals surface area contributed by atoms with Crippen LogP contribution in [0.3, 0.4) is 0 Å². The van der Waals surface area contributed by atoms with Crippen LogP contribution in [0.2, 0.25) is 0 Å². The average molecular weight is 292 g/mol. The number of hydrogen-bond donors (Lipinski definition) is 2. The minimum Gasteiger partial charge on any atom is -0.481 e. The van der Waals surface area contributed by atoms with E-state index in [1.165, 1.54) is 0 Å². The fourth-order valence-electron chi connectivity index (χ4n) is 2.25. The number of carbonyl (C=O) groups excluding carboxylic acids is 1. The molecule has 0 bridgehead atoms. The van der Waals surface area contributed by atoms with E-state index in [-0.39, 0.29) is 24.5 Å². The van der Waals surface area contributed by atoms with E-state index >= 15 is 0 Å². The zero-order valence-electron chi connectivity index (χ0n) is 12.9. The van der Waals surface area contributed by atoms with Gasteiger partial charge in [0.15, 0.2) is 0 Å². The number of amides is 2. The molecular formula is C16H24N2O3. The molecule has 2 N–H and O–H groups in total. The maximum Gasteiger partial charge on any atom is 0.318 e. The molecule has 0 aliphatic heterocycles. The summed E-state index contributed by atoms with van der Waals surface area (Å²) in [6.45, 7) is 6.45. The fourth-order valence-corrected chi connectivity index (χ4v) is 2.25. The molecule has 0 saturated carbocycles. The number of nitrogens with one attached hydrogen (secondary N) is 1. The van der Waals surface area contributed by atoms with Gasteiger partial charge >= 0.3 is 12.0 Å². The zero-order chi connectivity index (χ0) is 15.8. The molecule has 1 rings (SSSR count). The van der Waals surface area contributed by atoms with E-state index in [0.717, 1.165) is 5.56 Å². The lowest BCUT2D eigenvalue weighted by Gasteiger charge is -2.28. The van der Waals surface area contributed by atoms with E-state index < -0.39 is 5.97 Å². The van der Waals surface area contributed by atoms with Gasteiger partial charge in [-0.3, -0.25) is 4.79 Å². The van der Waals surface area contributed by atoms with Crippen LogP contribution in [0, 0.1) is 0 Å². The summed E-state index contributed by atoms with van der Waals surface area (Å²) in [4.78, 5) is 24.8. The first-order valence-electron chi connectivity index (χ1n) is 7.29. The van der Waals surface area contributed by atoms with Gasteiger partial charge in [0, 0.05) is 19.0 Å². The quantitative estimate of drug-likeness (QED) is 0.811. The minimum absolute atomic E-state index is 0.0215. The van der Waals surface area contributed by atoms with Crippen molar-refractivity contribution < 1.29 is 14.7 Å². The molecule has 21 heavy (non-hydrogen) atoms. The van der Waals surface area contributed by atoms with Gasteiger partial charge in [0.1, 0.15) is 0 Å². The number of rotatable bonds is 7. The highest BCUT2D eigenvalue weighted by Crippen LogP contribution is 2.19. The molecule has 0 spiro atoms. The molecule has 116 valence electrons. The van der Waals surface area contributed by atoms with Crippen molar-refractivity contribution in [2.24, 2.45) is 0 Å². The van der Waals surface area contributed by atoms with E-state index in [2.05, 4.69) is 5.32 Å². The third-order valence-corrected chi connectivity index (χ3v) is 3.37. The van der Waals surface area contributed by atoms with Gasteiger partial charge in [-0.25, -0.2) is 4.79 Å². The summed E-state index contributed by atoms with van der Waals surface area (Å²) in [5.74, 6) is -0.860. The first-order chi connectivity index (χ1) is 9.95. The zero-order valence-corrected chi connectivity index (χ0v) is 12.9. The molecule has 0 aliphatic rings. The van der Waals surface area contributed by atoms with E-state index in [0.29, 0.717) is 13.0 Å². The van der Waals surface area contributed by atoms with Crippen LogP contribution in [0.15, 0.2) is 30.3 Å². The lowest BCUT2D eigenvalue weighted by Crippen LogP contribution is -2.45. The van der Waals surface area contributed by atoms with Gasteiger partial charge in [-0.15, -0.1) is 0 Å². The molecule has 0 heterocycles. The molecule has 5 nitrogen and oxygen atoms in total. The number of urea groups is 1. The molecule has 1 atom stereocenters. The summed E-state index contributed by atoms with van der Waals surface area (Å²) in [5, 5.41) is 11.8. The second-order valence-electron chi connectivity index (χ2n) is 5.22. The smallest absolute Gasteiger partial charge is 0.318 e. The van der Waals surface area contributed by atoms with Crippen molar-refractivity contribution in [1.29, 1.82) is 0 Å². The summed E-state index contributed by atoms with van der Waals surface area (Å²) in [5.41, 5.74) is 0.923. The van der Waals surface area contributed by atoms with Crippen molar-refractivity contribution in [3.05, 3.63) is 35.9 Å². The second kappa shape index (κ2) is 8.29. The second-order valence-corrected chi connectivity index (χ2v) is 5.22. The van der Waals surface area contributed by atoms with E-state index in [1.807, 2.05) is 51.1 Å². The van der Waals surface area contributed by atoms with E-state index in [4.69, 9.17) is 5.11 Å². The molecule has 0 saturated heterocycles. The summed E-state index contributed by atoms with van der Waals surface area (Å²) < 4.78 is 0. The van der Waals surface area contributed by atoms with Gasteiger partial charge in [0.2, 0.25) is 0 Å². The molecule has 5 heteroatoms. The van der Waals surface area contributed by atoms with Crippen LogP contribution >= 0.6 is 0 Å². The van der Waals surface area contributed by atoms with Crippen LogP contribution in [0.1, 0.15) is 45.2 Å². The van der Waals surface area contributed by atoms with Crippen LogP contribution in [0.25, 0.3) is 0 Å². The van der Waals surface area contributed by atoms with Crippen molar-refractivity contribution in [2.45, 2.75) is 45.7 Å². The summed E-state index contributed by atoms with van der Waals surface area (Å²) in [6, 6.07) is 9.12. The highest BCUT2D eigenvalue weighted by molar-refractivity contribution is 5.75. The van der Waals surface area contributed by atoms with Crippen molar-refractivity contribution in [3.8, 4) is 0 Å². The van der Waals surface area contributed by atoms with Crippen LogP contribution in [-0.4, -0.2) is 34.6 Å². The number of nitrogens with zero attached hydrogens (tertiary/aromatic N) is 1. The number of carboxylic acid groups (broad SMARTS) is 1. The Balaban J connectivity index is 2.82. The Labute approximate surface area is 126 Å². The first kappa shape index (κ1) is 17.0. The Hall–Kier alpha value is -2.04. The summed E-state index contributed by atoms with van der Waals surface area (Å²) in [7, 11) is 0. The molecule has 0 fully saturated rings. The average Bonchev–Trinajstić information content (AvgIpc) is 2.44. The Morgan fingerprint density at radius 1 is 1.24 bits per heavy atom. The van der Waals surface area contributed by atoms with Crippen molar-refractivity contribution in [2.75, 3.05) is 6.54 Å². The van der Waals surface area contributed by atoms with Gasteiger partial charge < -0.3 is 15.3 Å². The fraction of sp³-hybridized carbons (Fsp3) is 0.500. The lowest BCUT2D eigenvalue weighted by atomic mass is 10.0. The van der Waals surface area contributed by atoms with Crippen molar-refractivity contribution in [1.82, 2.24) is 10.2 Å². The third-order valence-electron chi connectivity index (χ3n) is 3.37. The normalized spacial score (nSPS) is 12.0. The summed E-state index contributed by atoms with van der Waals surface area (Å²) >= 11 is 0. The first-order valence-corrected chi connectivity index (χ1v) is 7.29. The topological polar surface area (TPSA) is 69.6 Å². The number of benzene rings is 1. The van der Waals surface area contributed by atoms with Gasteiger partial charge in [0.25, 0.3) is 0 Å². The van der Waals surface area contributed by atoms with Crippen LogP contribution in [0.5, 0.6) is 0 Å². The van der Waals surface area contributed by atoms with Gasteiger partial charge in [-0.05, 0) is 32.8 Å².